The van der Waals surface area contributed by atoms with Gasteiger partial charge in [0.1, 0.15) is 12.4 Å². The number of ether oxygens (including phenoxy) is 3. The van der Waals surface area contributed by atoms with E-state index < -0.39 is 10.0 Å². The van der Waals surface area contributed by atoms with Crippen molar-refractivity contribution in [3.05, 3.63) is 96.1 Å². The van der Waals surface area contributed by atoms with Crippen molar-refractivity contribution in [2.75, 3.05) is 20.4 Å². The summed E-state index contributed by atoms with van der Waals surface area (Å²) in [6.07, 6.45) is 1.67. The Morgan fingerprint density at radius 3 is 2.57 bits per heavy atom. The Morgan fingerprint density at radius 1 is 1.06 bits per heavy atom. The molecule has 0 atom stereocenters. The number of hydrogen-bond acceptors (Lipinski definition) is 6. The normalized spacial score (nSPS) is 12.3. The smallest absolute Gasteiger partial charge is 0.253 e. The molecule has 1 aliphatic heterocycles. The molecule has 1 N–H and O–H groups in total. The highest BCUT2D eigenvalue weighted by Gasteiger charge is 2.19. The van der Waals surface area contributed by atoms with E-state index in [2.05, 4.69) is 11.3 Å². The fraction of sp³-hybridized carbons (Fsp3) is 0.192. The Labute approximate surface area is 204 Å². The Bertz CT molecular complexity index is 1320. The van der Waals surface area contributed by atoms with Gasteiger partial charge in [-0.2, -0.15) is 0 Å². The Morgan fingerprint density at radius 2 is 1.80 bits per heavy atom. The van der Waals surface area contributed by atoms with Crippen LogP contribution in [0.5, 0.6) is 17.2 Å². The lowest BCUT2D eigenvalue weighted by molar-refractivity contribution is 0.0785. The van der Waals surface area contributed by atoms with E-state index in [1.807, 2.05) is 24.3 Å². The van der Waals surface area contributed by atoms with E-state index in [4.69, 9.17) is 14.2 Å². The van der Waals surface area contributed by atoms with Crippen molar-refractivity contribution in [2.45, 2.75) is 18.0 Å². The molecule has 0 spiro atoms. The third kappa shape index (κ3) is 6.00. The van der Waals surface area contributed by atoms with Crippen LogP contribution in [0.2, 0.25) is 0 Å². The van der Waals surface area contributed by atoms with Gasteiger partial charge in [0.05, 0.1) is 4.90 Å². The van der Waals surface area contributed by atoms with Crippen LogP contribution < -0.4 is 18.9 Å². The standard InChI is InChI=1S/C26H26N2O6S/c1-3-13-32-22-10-7-19(8-11-22)17-28(2)26(29)21-5-4-6-23(15-21)35(30,31)27-16-20-9-12-24-25(14-20)34-18-33-24/h3-12,14-15,27H,1,13,16-18H2,2H3. The molecule has 0 bridgehead atoms. The summed E-state index contributed by atoms with van der Waals surface area (Å²) < 4.78 is 44.4. The molecular weight excluding hydrogens is 468 g/mol. The molecule has 4 rings (SSSR count). The third-order valence-electron chi connectivity index (χ3n) is 5.35. The summed E-state index contributed by atoms with van der Waals surface area (Å²) in [5.74, 6) is 1.64. The van der Waals surface area contributed by atoms with Crippen LogP contribution in [0.1, 0.15) is 21.5 Å². The van der Waals surface area contributed by atoms with Gasteiger partial charge in [0.2, 0.25) is 16.8 Å². The number of fused-ring (bicyclic) bond motifs is 1. The summed E-state index contributed by atoms with van der Waals surface area (Å²) in [7, 11) is -2.17. The van der Waals surface area contributed by atoms with Crippen molar-refractivity contribution in [1.82, 2.24) is 9.62 Å². The molecule has 0 saturated heterocycles. The third-order valence-corrected chi connectivity index (χ3v) is 6.75. The lowest BCUT2D eigenvalue weighted by atomic mass is 10.1. The number of benzene rings is 3. The molecule has 1 heterocycles. The minimum Gasteiger partial charge on any atom is -0.490 e. The molecule has 0 saturated carbocycles. The highest BCUT2D eigenvalue weighted by atomic mass is 32.2. The zero-order chi connectivity index (χ0) is 24.8. The van der Waals surface area contributed by atoms with E-state index in [1.54, 1.807) is 43.5 Å². The van der Waals surface area contributed by atoms with Gasteiger partial charge < -0.3 is 19.1 Å². The maximum absolute atomic E-state index is 13.0. The molecule has 1 amide bonds. The zero-order valence-electron chi connectivity index (χ0n) is 19.3. The van der Waals surface area contributed by atoms with Gasteiger partial charge in [-0.05, 0) is 53.6 Å². The van der Waals surface area contributed by atoms with Crippen molar-refractivity contribution < 1.29 is 27.4 Å². The second kappa shape index (κ2) is 10.6. The van der Waals surface area contributed by atoms with Crippen LogP contribution in [-0.4, -0.2) is 39.7 Å². The summed E-state index contributed by atoms with van der Waals surface area (Å²) in [5, 5.41) is 0. The van der Waals surface area contributed by atoms with E-state index in [0.717, 1.165) is 11.1 Å². The van der Waals surface area contributed by atoms with Gasteiger partial charge in [0.15, 0.2) is 11.5 Å². The molecule has 9 heteroatoms. The minimum atomic E-state index is -3.84. The van der Waals surface area contributed by atoms with Crippen LogP contribution in [-0.2, 0) is 23.1 Å². The molecule has 182 valence electrons. The molecule has 0 aromatic heterocycles. The van der Waals surface area contributed by atoms with Gasteiger partial charge in [-0.15, -0.1) is 0 Å². The second-order valence-corrected chi connectivity index (χ2v) is 9.71. The van der Waals surface area contributed by atoms with Crippen LogP contribution in [0.25, 0.3) is 0 Å². The van der Waals surface area contributed by atoms with E-state index >= 15 is 0 Å². The van der Waals surface area contributed by atoms with Crippen LogP contribution in [0.15, 0.2) is 84.3 Å². The lowest BCUT2D eigenvalue weighted by Gasteiger charge is -2.18. The second-order valence-electron chi connectivity index (χ2n) is 7.94. The van der Waals surface area contributed by atoms with Crippen molar-refractivity contribution >= 4 is 15.9 Å². The maximum atomic E-state index is 13.0. The van der Waals surface area contributed by atoms with E-state index in [-0.39, 0.29) is 29.7 Å². The Kier molecular flexibility index (Phi) is 7.38. The molecule has 3 aromatic rings. The van der Waals surface area contributed by atoms with Crippen molar-refractivity contribution in [3.63, 3.8) is 0 Å². The van der Waals surface area contributed by atoms with Crippen LogP contribution >= 0.6 is 0 Å². The number of nitrogens with zero attached hydrogens (tertiary/aromatic N) is 1. The van der Waals surface area contributed by atoms with Gasteiger partial charge in [0, 0.05) is 25.7 Å². The fourth-order valence-corrected chi connectivity index (χ4v) is 4.58. The molecule has 0 aliphatic carbocycles. The minimum absolute atomic E-state index is 0.0150. The predicted molar refractivity (Wildman–Crippen MR) is 131 cm³/mol. The number of amides is 1. The molecule has 0 fully saturated rings. The molecular formula is C26H26N2O6S. The summed E-state index contributed by atoms with van der Waals surface area (Å²) in [4.78, 5) is 14.5. The van der Waals surface area contributed by atoms with Gasteiger partial charge in [0.25, 0.3) is 5.91 Å². The number of carbonyl (C=O) groups is 1. The summed E-state index contributed by atoms with van der Waals surface area (Å²) in [6, 6.07) is 18.7. The maximum Gasteiger partial charge on any atom is 0.253 e. The van der Waals surface area contributed by atoms with Crippen molar-refractivity contribution in [1.29, 1.82) is 0 Å². The summed E-state index contributed by atoms with van der Waals surface area (Å²) in [5.41, 5.74) is 1.93. The van der Waals surface area contributed by atoms with Crippen LogP contribution in [0.4, 0.5) is 0 Å². The van der Waals surface area contributed by atoms with E-state index in [1.165, 1.54) is 17.0 Å². The highest BCUT2D eigenvalue weighted by Crippen LogP contribution is 2.32. The Hall–Kier alpha value is -3.82. The average molecular weight is 495 g/mol. The SMILES string of the molecule is C=CCOc1ccc(CN(C)C(=O)c2cccc(S(=O)(=O)NCc3ccc4c(c3)OCO4)c2)cc1. The van der Waals surface area contributed by atoms with Gasteiger partial charge >= 0.3 is 0 Å². The average Bonchev–Trinajstić information content (AvgIpc) is 3.35. The predicted octanol–water partition coefficient (Wildman–Crippen LogP) is 3.73. The first-order chi connectivity index (χ1) is 16.9. The number of nitrogens with one attached hydrogen (secondary N) is 1. The molecule has 0 unspecified atom stereocenters. The van der Waals surface area contributed by atoms with Crippen molar-refractivity contribution in [3.8, 4) is 17.2 Å². The Balaban J connectivity index is 1.40. The topological polar surface area (TPSA) is 94.2 Å². The number of sulfonamides is 1. The van der Waals surface area contributed by atoms with Crippen LogP contribution in [0.3, 0.4) is 0 Å². The molecule has 0 radical (unpaired) electrons. The first kappa shape index (κ1) is 24.3. The van der Waals surface area contributed by atoms with Gasteiger partial charge in [-0.25, -0.2) is 13.1 Å². The van der Waals surface area contributed by atoms with Crippen LogP contribution in [0, 0.1) is 0 Å². The molecule has 3 aromatic carbocycles. The fourth-order valence-electron chi connectivity index (χ4n) is 3.52. The largest absolute Gasteiger partial charge is 0.490 e. The van der Waals surface area contributed by atoms with E-state index in [0.29, 0.717) is 30.4 Å². The van der Waals surface area contributed by atoms with E-state index in [9.17, 15) is 13.2 Å². The first-order valence-electron chi connectivity index (χ1n) is 10.9. The highest BCUT2D eigenvalue weighted by molar-refractivity contribution is 7.89. The lowest BCUT2D eigenvalue weighted by Crippen LogP contribution is -2.27. The zero-order valence-corrected chi connectivity index (χ0v) is 20.1. The summed E-state index contributed by atoms with van der Waals surface area (Å²) in [6.45, 7) is 4.62. The quantitative estimate of drug-likeness (QED) is 0.432. The monoisotopic (exact) mass is 494 g/mol. The van der Waals surface area contributed by atoms with Crippen molar-refractivity contribution in [2.24, 2.45) is 0 Å². The number of hydrogen-bond donors (Lipinski definition) is 1. The summed E-state index contributed by atoms with van der Waals surface area (Å²) >= 11 is 0. The number of carbonyl (C=O) groups excluding carboxylic acids is 1. The molecule has 35 heavy (non-hydrogen) atoms. The molecule has 1 aliphatic rings. The first-order valence-corrected chi connectivity index (χ1v) is 12.4. The number of rotatable bonds is 10. The molecule has 8 nitrogen and oxygen atoms in total. The van der Waals surface area contributed by atoms with Gasteiger partial charge in [-0.3, -0.25) is 4.79 Å². The van der Waals surface area contributed by atoms with Gasteiger partial charge in [-0.1, -0.05) is 36.9 Å².